The van der Waals surface area contributed by atoms with Gasteiger partial charge >= 0.3 is 0 Å². The SMILES string of the molecule is O=C(Nc1nc(CN2CCCCC2)cs1)c1nc(C2CC2)cnc1Nc1cncnc1. The zero-order valence-corrected chi connectivity index (χ0v) is 17.9. The molecule has 1 aliphatic carbocycles. The number of hydrogen-bond donors (Lipinski definition) is 2. The summed E-state index contributed by atoms with van der Waals surface area (Å²) in [5, 5.41) is 8.59. The van der Waals surface area contributed by atoms with E-state index in [1.807, 2.05) is 5.38 Å². The predicted octanol–water partition coefficient (Wildman–Crippen LogP) is 3.58. The second-order valence-corrected chi connectivity index (χ2v) is 8.81. The molecule has 0 bridgehead atoms. The largest absolute Gasteiger partial charge is 0.336 e. The molecule has 10 heteroatoms. The Balaban J connectivity index is 1.32. The highest BCUT2D eigenvalue weighted by atomic mass is 32.1. The number of hydrogen-bond acceptors (Lipinski definition) is 9. The van der Waals surface area contributed by atoms with E-state index in [0.29, 0.717) is 22.6 Å². The fourth-order valence-electron chi connectivity index (χ4n) is 3.67. The average Bonchev–Trinajstić information content (AvgIpc) is 3.56. The Labute approximate surface area is 184 Å². The van der Waals surface area contributed by atoms with Gasteiger partial charge in [-0.15, -0.1) is 11.3 Å². The monoisotopic (exact) mass is 436 g/mol. The van der Waals surface area contributed by atoms with Crippen LogP contribution in [0.1, 0.15) is 59.9 Å². The number of carbonyl (C=O) groups excluding carboxylic acids is 1. The normalized spacial score (nSPS) is 16.8. The molecular formula is C21H24N8OS. The minimum absolute atomic E-state index is 0.251. The smallest absolute Gasteiger partial charge is 0.279 e. The lowest BCUT2D eigenvalue weighted by Gasteiger charge is -2.25. The van der Waals surface area contributed by atoms with Crippen LogP contribution in [-0.2, 0) is 6.54 Å². The molecule has 0 spiro atoms. The first-order chi connectivity index (χ1) is 15.2. The van der Waals surface area contributed by atoms with E-state index < -0.39 is 0 Å². The highest BCUT2D eigenvalue weighted by molar-refractivity contribution is 7.14. The molecule has 3 aromatic heterocycles. The van der Waals surface area contributed by atoms with Crippen LogP contribution >= 0.6 is 11.3 Å². The van der Waals surface area contributed by atoms with Crippen molar-refractivity contribution >= 4 is 33.9 Å². The van der Waals surface area contributed by atoms with Gasteiger partial charge < -0.3 is 5.32 Å². The van der Waals surface area contributed by atoms with Crippen molar-refractivity contribution in [1.29, 1.82) is 0 Å². The summed E-state index contributed by atoms with van der Waals surface area (Å²) in [5.74, 6) is 0.444. The van der Waals surface area contributed by atoms with Gasteiger partial charge in [0.2, 0.25) is 0 Å². The van der Waals surface area contributed by atoms with Crippen molar-refractivity contribution in [3.8, 4) is 0 Å². The lowest BCUT2D eigenvalue weighted by atomic mass is 10.1. The van der Waals surface area contributed by atoms with Crippen LogP contribution < -0.4 is 10.6 Å². The number of likely N-dealkylation sites (tertiary alicyclic amines) is 1. The van der Waals surface area contributed by atoms with E-state index in [9.17, 15) is 4.79 Å². The standard InChI is InChI=1S/C21H24N8OS/c30-20(28-21-26-16(12-31-21)11-29-6-2-1-3-7-29)18-19(25-15-8-22-13-23-9-15)24-10-17(27-18)14-4-5-14/h8-10,12-14H,1-7,11H2,(H,24,25)(H,26,28,30). The molecule has 0 radical (unpaired) electrons. The molecule has 1 amide bonds. The summed E-state index contributed by atoms with van der Waals surface area (Å²) >= 11 is 1.44. The van der Waals surface area contributed by atoms with Gasteiger partial charge in [0, 0.05) is 17.8 Å². The van der Waals surface area contributed by atoms with Crippen molar-refractivity contribution in [2.45, 2.75) is 44.6 Å². The van der Waals surface area contributed by atoms with Gasteiger partial charge in [0.05, 0.1) is 35.7 Å². The summed E-state index contributed by atoms with van der Waals surface area (Å²) in [6, 6.07) is 0. The van der Waals surface area contributed by atoms with E-state index in [1.54, 1.807) is 18.6 Å². The van der Waals surface area contributed by atoms with Crippen LogP contribution in [0.5, 0.6) is 0 Å². The first-order valence-corrected chi connectivity index (χ1v) is 11.5. The van der Waals surface area contributed by atoms with Crippen molar-refractivity contribution in [2.24, 2.45) is 0 Å². The Bertz CT molecular complexity index is 1050. The fraction of sp³-hybridized carbons (Fsp3) is 0.429. The van der Waals surface area contributed by atoms with Gasteiger partial charge in [-0.3, -0.25) is 15.0 Å². The molecule has 31 heavy (non-hydrogen) atoms. The van der Waals surface area contributed by atoms with E-state index >= 15 is 0 Å². The van der Waals surface area contributed by atoms with Crippen LogP contribution in [0, 0.1) is 0 Å². The molecule has 3 aromatic rings. The number of carbonyl (C=O) groups is 1. The van der Waals surface area contributed by atoms with Gasteiger partial charge in [0.25, 0.3) is 5.91 Å². The first kappa shape index (κ1) is 20.0. The number of amides is 1. The van der Waals surface area contributed by atoms with Gasteiger partial charge in [0.1, 0.15) is 6.33 Å². The maximum atomic E-state index is 13.1. The van der Waals surface area contributed by atoms with Gasteiger partial charge in [-0.2, -0.15) is 0 Å². The third-order valence-corrected chi connectivity index (χ3v) is 6.24. The van der Waals surface area contributed by atoms with Crippen molar-refractivity contribution in [1.82, 2.24) is 29.8 Å². The number of anilines is 3. The van der Waals surface area contributed by atoms with Crippen molar-refractivity contribution in [3.63, 3.8) is 0 Å². The minimum atomic E-state index is -0.326. The summed E-state index contributed by atoms with van der Waals surface area (Å²) in [5.41, 5.74) is 2.73. The van der Waals surface area contributed by atoms with E-state index in [2.05, 4.69) is 40.5 Å². The lowest BCUT2D eigenvalue weighted by molar-refractivity contribution is 0.102. The van der Waals surface area contributed by atoms with Crippen LogP contribution in [0.4, 0.5) is 16.6 Å². The predicted molar refractivity (Wildman–Crippen MR) is 119 cm³/mol. The Hall–Kier alpha value is -2.98. The minimum Gasteiger partial charge on any atom is -0.336 e. The Morgan fingerprint density at radius 1 is 1.10 bits per heavy atom. The number of piperidine rings is 1. The van der Waals surface area contributed by atoms with Gasteiger partial charge in [-0.1, -0.05) is 6.42 Å². The molecule has 1 saturated carbocycles. The maximum Gasteiger partial charge on any atom is 0.279 e. The van der Waals surface area contributed by atoms with Crippen LogP contribution in [-0.4, -0.2) is 48.8 Å². The molecule has 1 saturated heterocycles. The molecule has 5 rings (SSSR count). The Morgan fingerprint density at radius 2 is 1.90 bits per heavy atom. The van der Waals surface area contributed by atoms with E-state index in [4.69, 9.17) is 0 Å². The molecule has 9 nitrogen and oxygen atoms in total. The molecule has 0 atom stereocenters. The molecule has 1 aliphatic heterocycles. The summed E-state index contributed by atoms with van der Waals surface area (Å²) in [6.45, 7) is 3.05. The van der Waals surface area contributed by atoms with Crippen LogP contribution in [0.3, 0.4) is 0 Å². The fourth-order valence-corrected chi connectivity index (χ4v) is 4.37. The number of rotatable bonds is 7. The molecule has 160 valence electrons. The van der Waals surface area contributed by atoms with Gasteiger partial charge in [-0.05, 0) is 38.8 Å². The summed E-state index contributed by atoms with van der Waals surface area (Å²) in [4.78, 5) is 37.2. The molecule has 2 aliphatic rings. The second kappa shape index (κ2) is 9.03. The zero-order chi connectivity index (χ0) is 21.0. The van der Waals surface area contributed by atoms with Gasteiger partial charge in [-0.25, -0.2) is 24.9 Å². The van der Waals surface area contributed by atoms with E-state index in [-0.39, 0.29) is 11.6 Å². The topological polar surface area (TPSA) is 109 Å². The number of nitrogens with one attached hydrogen (secondary N) is 2. The molecule has 4 heterocycles. The van der Waals surface area contributed by atoms with Gasteiger partial charge in [0.15, 0.2) is 16.6 Å². The number of nitrogens with zero attached hydrogens (tertiary/aromatic N) is 6. The molecule has 2 N–H and O–H groups in total. The lowest BCUT2D eigenvalue weighted by Crippen LogP contribution is -2.29. The molecule has 0 aromatic carbocycles. The first-order valence-electron chi connectivity index (χ1n) is 10.6. The summed E-state index contributed by atoms with van der Waals surface area (Å²) < 4.78 is 0. The van der Waals surface area contributed by atoms with Crippen LogP contribution in [0.25, 0.3) is 0 Å². The molecular weight excluding hydrogens is 412 g/mol. The van der Waals surface area contributed by atoms with Crippen molar-refractivity contribution < 1.29 is 4.79 Å². The summed E-state index contributed by atoms with van der Waals surface area (Å²) in [7, 11) is 0. The van der Waals surface area contributed by atoms with Crippen molar-refractivity contribution in [2.75, 3.05) is 23.7 Å². The van der Waals surface area contributed by atoms with E-state index in [0.717, 1.165) is 43.9 Å². The summed E-state index contributed by atoms with van der Waals surface area (Å²) in [6.07, 6.45) is 12.4. The quantitative estimate of drug-likeness (QED) is 0.578. The number of thiazole rings is 1. The molecule has 2 fully saturated rings. The highest BCUT2D eigenvalue weighted by Gasteiger charge is 2.28. The molecule has 0 unspecified atom stereocenters. The Kier molecular flexibility index (Phi) is 5.81. The number of aromatic nitrogens is 5. The van der Waals surface area contributed by atoms with E-state index in [1.165, 1.54) is 36.9 Å². The van der Waals surface area contributed by atoms with Crippen molar-refractivity contribution in [3.05, 3.63) is 47.4 Å². The highest BCUT2D eigenvalue weighted by Crippen LogP contribution is 2.39. The maximum absolute atomic E-state index is 13.1. The van der Waals surface area contributed by atoms with Crippen LogP contribution in [0.2, 0.25) is 0 Å². The zero-order valence-electron chi connectivity index (χ0n) is 17.1. The Morgan fingerprint density at radius 3 is 2.68 bits per heavy atom. The third-order valence-electron chi connectivity index (χ3n) is 5.43. The third kappa shape index (κ3) is 5.02. The van der Waals surface area contributed by atoms with Crippen LogP contribution in [0.15, 0.2) is 30.3 Å². The average molecular weight is 437 g/mol. The second-order valence-electron chi connectivity index (χ2n) is 7.95.